The number of allylic oxidation sites excluding steroid dienone is 1. The summed E-state index contributed by atoms with van der Waals surface area (Å²) >= 11 is 12.7. The number of hydrogen-bond donors (Lipinski definition) is 1. The molecule has 0 aliphatic carbocycles. The second-order valence-electron chi connectivity index (χ2n) is 10.2. The Morgan fingerprint density at radius 3 is 2.46 bits per heavy atom. The third kappa shape index (κ3) is 5.77. The van der Waals surface area contributed by atoms with E-state index in [4.69, 9.17) is 23.2 Å². The molecule has 4 atom stereocenters. The first kappa shape index (κ1) is 26.2. The van der Waals surface area contributed by atoms with E-state index >= 15 is 0 Å². The molecule has 2 aromatic carbocycles. The molecule has 4 nitrogen and oxygen atoms in total. The number of carbonyl (C=O) groups is 1. The molecular formula is C29H37Cl2N3O. The molecule has 0 aromatic heterocycles. The van der Waals surface area contributed by atoms with E-state index in [0.717, 1.165) is 56.2 Å². The average Bonchev–Trinajstić information content (AvgIpc) is 2.86. The molecule has 2 fully saturated rings. The van der Waals surface area contributed by atoms with Crippen molar-refractivity contribution in [3.63, 3.8) is 0 Å². The lowest BCUT2D eigenvalue weighted by Gasteiger charge is -2.52. The summed E-state index contributed by atoms with van der Waals surface area (Å²) in [4.78, 5) is 19.1. The highest BCUT2D eigenvalue weighted by atomic mass is 35.5. The molecule has 4 rings (SSSR count). The zero-order chi connectivity index (χ0) is 25.0. The minimum atomic E-state index is -0.519. The topological polar surface area (TPSA) is 35.6 Å². The molecule has 2 heterocycles. The van der Waals surface area contributed by atoms with E-state index in [1.54, 1.807) is 0 Å². The summed E-state index contributed by atoms with van der Waals surface area (Å²) in [6.07, 6.45) is 4.18. The van der Waals surface area contributed by atoms with Gasteiger partial charge >= 0.3 is 0 Å². The van der Waals surface area contributed by atoms with Crippen LogP contribution < -0.4 is 5.32 Å². The normalized spacial score (nSPS) is 26.5. The van der Waals surface area contributed by atoms with E-state index in [-0.39, 0.29) is 23.9 Å². The van der Waals surface area contributed by atoms with Gasteiger partial charge in [-0.3, -0.25) is 9.69 Å². The Balaban J connectivity index is 1.83. The van der Waals surface area contributed by atoms with Gasteiger partial charge in [-0.15, -0.1) is 6.58 Å². The Kier molecular flexibility index (Phi) is 8.59. The van der Waals surface area contributed by atoms with Gasteiger partial charge in [0.1, 0.15) is 0 Å². The van der Waals surface area contributed by atoms with E-state index in [9.17, 15) is 4.79 Å². The smallest absolute Gasteiger partial charge is 0.229 e. The maximum atomic E-state index is 14.4. The second-order valence-corrected chi connectivity index (χ2v) is 11.1. The van der Waals surface area contributed by atoms with Crippen LogP contribution in [0.2, 0.25) is 10.0 Å². The standard InChI is InChI=1S/C29H37Cl2N3O/c1-4-13-29(3)19-26(22-7-6-8-24(31)18-22)27(21-9-11-23(30)12-10-21)34(28(29)35)25(5-2)20-33-16-14-32-15-17-33/h4,6-12,18,25-27,32H,1,5,13-17,19-20H2,2-3H3. The van der Waals surface area contributed by atoms with Crippen LogP contribution in [0, 0.1) is 5.41 Å². The Morgan fingerprint density at radius 1 is 1.11 bits per heavy atom. The van der Waals surface area contributed by atoms with Crippen molar-refractivity contribution in [2.24, 2.45) is 5.41 Å². The van der Waals surface area contributed by atoms with E-state index in [1.165, 1.54) is 5.56 Å². The summed E-state index contributed by atoms with van der Waals surface area (Å²) in [5.74, 6) is 0.326. The fourth-order valence-electron chi connectivity index (χ4n) is 5.89. The van der Waals surface area contributed by atoms with Crippen molar-refractivity contribution in [2.45, 2.75) is 51.1 Å². The van der Waals surface area contributed by atoms with E-state index < -0.39 is 5.41 Å². The van der Waals surface area contributed by atoms with Gasteiger partial charge < -0.3 is 10.2 Å². The predicted molar refractivity (Wildman–Crippen MR) is 146 cm³/mol. The molecule has 2 saturated heterocycles. The highest BCUT2D eigenvalue weighted by Gasteiger charge is 2.51. The van der Waals surface area contributed by atoms with Gasteiger partial charge in [-0.1, -0.05) is 67.4 Å². The van der Waals surface area contributed by atoms with E-state index in [2.05, 4.69) is 59.8 Å². The van der Waals surface area contributed by atoms with E-state index in [1.807, 2.05) is 30.3 Å². The number of nitrogens with zero attached hydrogens (tertiary/aromatic N) is 2. The van der Waals surface area contributed by atoms with Crippen molar-refractivity contribution in [3.8, 4) is 0 Å². The largest absolute Gasteiger partial charge is 0.330 e. The van der Waals surface area contributed by atoms with Crippen LogP contribution in [0.4, 0.5) is 0 Å². The molecule has 2 aliphatic heterocycles. The molecule has 2 aliphatic rings. The number of benzene rings is 2. The molecule has 1 N–H and O–H groups in total. The van der Waals surface area contributed by atoms with Crippen LogP contribution in [0.25, 0.3) is 0 Å². The maximum absolute atomic E-state index is 14.4. The molecule has 0 radical (unpaired) electrons. The number of nitrogens with one attached hydrogen (secondary N) is 1. The summed E-state index contributed by atoms with van der Waals surface area (Å²) < 4.78 is 0. The number of halogens is 2. The van der Waals surface area contributed by atoms with E-state index in [0.29, 0.717) is 11.4 Å². The molecule has 0 spiro atoms. The van der Waals surface area contributed by atoms with Crippen molar-refractivity contribution in [1.29, 1.82) is 0 Å². The Morgan fingerprint density at radius 2 is 1.83 bits per heavy atom. The number of carbonyl (C=O) groups excluding carboxylic acids is 1. The Labute approximate surface area is 220 Å². The van der Waals surface area contributed by atoms with Gasteiger partial charge in [0.05, 0.1) is 11.5 Å². The number of hydrogen-bond acceptors (Lipinski definition) is 3. The number of likely N-dealkylation sites (tertiary alicyclic amines) is 1. The Hall–Kier alpha value is -1.85. The summed E-state index contributed by atoms with van der Waals surface area (Å²) in [7, 11) is 0. The highest BCUT2D eigenvalue weighted by Crippen LogP contribution is 2.52. The van der Waals surface area contributed by atoms with Crippen molar-refractivity contribution in [1.82, 2.24) is 15.1 Å². The third-order valence-corrected chi connectivity index (χ3v) is 8.22. The second kappa shape index (κ2) is 11.5. The van der Waals surface area contributed by atoms with Crippen LogP contribution in [-0.2, 0) is 4.79 Å². The number of amides is 1. The molecule has 6 heteroatoms. The molecule has 188 valence electrons. The number of piperidine rings is 1. The third-order valence-electron chi connectivity index (χ3n) is 7.73. The molecule has 0 saturated carbocycles. The zero-order valence-corrected chi connectivity index (χ0v) is 22.4. The van der Waals surface area contributed by atoms with Crippen molar-refractivity contribution >= 4 is 29.1 Å². The number of piperazine rings is 1. The summed E-state index contributed by atoms with van der Waals surface area (Å²) in [5.41, 5.74) is 1.77. The first-order valence-corrected chi connectivity index (χ1v) is 13.5. The van der Waals surface area contributed by atoms with Crippen LogP contribution in [-0.4, -0.2) is 54.5 Å². The molecule has 1 amide bonds. The maximum Gasteiger partial charge on any atom is 0.229 e. The average molecular weight is 515 g/mol. The number of rotatable bonds is 8. The van der Waals surface area contributed by atoms with Crippen molar-refractivity contribution in [2.75, 3.05) is 32.7 Å². The van der Waals surface area contributed by atoms with Gasteiger partial charge in [-0.2, -0.15) is 0 Å². The minimum Gasteiger partial charge on any atom is -0.330 e. The highest BCUT2D eigenvalue weighted by molar-refractivity contribution is 6.30. The van der Waals surface area contributed by atoms with Gasteiger partial charge in [0.15, 0.2) is 0 Å². The van der Waals surface area contributed by atoms with Crippen LogP contribution in [0.5, 0.6) is 0 Å². The fourth-order valence-corrected chi connectivity index (χ4v) is 6.22. The van der Waals surface area contributed by atoms with Gasteiger partial charge in [0, 0.05) is 54.7 Å². The van der Waals surface area contributed by atoms with Gasteiger partial charge in [-0.05, 0) is 54.7 Å². The summed E-state index contributed by atoms with van der Waals surface area (Å²) in [6, 6.07) is 16.2. The SMILES string of the molecule is C=CCC1(C)CC(c2cccc(Cl)c2)C(c2ccc(Cl)cc2)N(C(CC)CN2CCNCC2)C1=O. The van der Waals surface area contributed by atoms with Gasteiger partial charge in [-0.25, -0.2) is 0 Å². The first-order chi connectivity index (χ1) is 16.9. The quantitative estimate of drug-likeness (QED) is 0.419. The fraction of sp³-hybridized carbons (Fsp3) is 0.483. The molecule has 0 bridgehead atoms. The summed E-state index contributed by atoms with van der Waals surface area (Å²) in [5, 5.41) is 4.86. The molecule has 35 heavy (non-hydrogen) atoms. The lowest BCUT2D eigenvalue weighted by molar-refractivity contribution is -0.155. The van der Waals surface area contributed by atoms with Crippen LogP contribution in [0.15, 0.2) is 61.2 Å². The van der Waals surface area contributed by atoms with Crippen LogP contribution >= 0.6 is 23.2 Å². The monoisotopic (exact) mass is 513 g/mol. The lowest BCUT2D eigenvalue weighted by Crippen LogP contribution is -2.58. The first-order valence-electron chi connectivity index (χ1n) is 12.7. The van der Waals surface area contributed by atoms with Crippen LogP contribution in [0.3, 0.4) is 0 Å². The minimum absolute atomic E-state index is 0.0935. The van der Waals surface area contributed by atoms with Crippen molar-refractivity contribution in [3.05, 3.63) is 82.4 Å². The molecule has 2 aromatic rings. The zero-order valence-electron chi connectivity index (χ0n) is 20.9. The van der Waals surface area contributed by atoms with Crippen LogP contribution in [0.1, 0.15) is 56.2 Å². The Bertz CT molecular complexity index is 1020. The lowest BCUT2D eigenvalue weighted by atomic mass is 9.67. The van der Waals surface area contributed by atoms with Crippen molar-refractivity contribution < 1.29 is 4.79 Å². The van der Waals surface area contributed by atoms with Gasteiger partial charge in [0.25, 0.3) is 0 Å². The molecular weight excluding hydrogens is 477 g/mol. The van der Waals surface area contributed by atoms with Gasteiger partial charge in [0.2, 0.25) is 5.91 Å². The molecule has 4 unspecified atom stereocenters. The summed E-state index contributed by atoms with van der Waals surface area (Å²) in [6.45, 7) is 13.2. The predicted octanol–water partition coefficient (Wildman–Crippen LogP) is 6.32.